The molecule has 2 aromatic heterocycles. The molecule has 0 spiro atoms. The molecule has 3 aromatic rings. The molecule has 1 saturated heterocycles. The minimum Gasteiger partial charge on any atom is -0.341 e. The number of amides is 1. The van der Waals surface area contributed by atoms with Crippen LogP contribution in [0.4, 0.5) is 0 Å². The highest BCUT2D eigenvalue weighted by molar-refractivity contribution is 5.86. The van der Waals surface area contributed by atoms with Crippen LogP contribution in [0.5, 0.6) is 0 Å². The van der Waals surface area contributed by atoms with Crippen LogP contribution in [-0.2, 0) is 16.0 Å². The van der Waals surface area contributed by atoms with Gasteiger partial charge in [-0.2, -0.15) is 5.10 Å². The smallest absolute Gasteiger partial charge is 0.219 e. The summed E-state index contributed by atoms with van der Waals surface area (Å²) in [5.41, 5.74) is 4.29. The molecule has 5 rings (SSSR count). The number of ketones is 1. The topological polar surface area (TPSA) is 85.9 Å². The number of benzene rings is 1. The number of rotatable bonds is 7. The van der Waals surface area contributed by atoms with Crippen LogP contribution in [0, 0.1) is 19.8 Å². The van der Waals surface area contributed by atoms with E-state index in [1.54, 1.807) is 11.8 Å². The van der Waals surface area contributed by atoms with Crippen LogP contribution >= 0.6 is 0 Å². The molecule has 1 aliphatic carbocycles. The van der Waals surface area contributed by atoms with E-state index < -0.39 is 0 Å². The molecule has 8 nitrogen and oxygen atoms in total. The Labute approximate surface area is 206 Å². The summed E-state index contributed by atoms with van der Waals surface area (Å²) in [7, 11) is 0. The lowest BCUT2D eigenvalue weighted by atomic mass is 9.87. The van der Waals surface area contributed by atoms with Crippen LogP contribution in [0.15, 0.2) is 30.6 Å². The van der Waals surface area contributed by atoms with E-state index in [0.29, 0.717) is 25.6 Å². The molecule has 8 heteroatoms. The Morgan fingerprint density at radius 2 is 1.89 bits per heavy atom. The summed E-state index contributed by atoms with van der Waals surface area (Å²) in [5, 5.41) is 13.7. The highest BCUT2D eigenvalue weighted by Crippen LogP contribution is 2.43. The van der Waals surface area contributed by atoms with Crippen LogP contribution in [0.3, 0.4) is 0 Å². The van der Waals surface area contributed by atoms with E-state index in [9.17, 15) is 9.59 Å². The first-order valence-corrected chi connectivity index (χ1v) is 12.6. The minimum atomic E-state index is -0.299. The van der Waals surface area contributed by atoms with Crippen molar-refractivity contribution in [3.05, 3.63) is 53.1 Å². The number of Topliss-reactive ketones (excluding diaryl/α,β-unsaturated/α-hetero) is 1. The average molecular weight is 475 g/mol. The number of aromatic nitrogens is 5. The number of carbonyl (C=O) groups excluding carboxylic acids is 2. The fourth-order valence-corrected chi connectivity index (χ4v) is 5.19. The van der Waals surface area contributed by atoms with E-state index in [-0.39, 0.29) is 29.6 Å². The van der Waals surface area contributed by atoms with Gasteiger partial charge in [-0.05, 0) is 51.7 Å². The number of hydrogen-bond donors (Lipinski definition) is 0. The highest BCUT2D eigenvalue weighted by Gasteiger charge is 2.44. The Bertz CT molecular complexity index is 1270. The van der Waals surface area contributed by atoms with Gasteiger partial charge in [0.2, 0.25) is 5.91 Å². The summed E-state index contributed by atoms with van der Waals surface area (Å²) in [4.78, 5) is 27.8. The maximum atomic E-state index is 13.6. The van der Waals surface area contributed by atoms with Crippen molar-refractivity contribution in [1.82, 2.24) is 29.4 Å². The van der Waals surface area contributed by atoms with Gasteiger partial charge in [-0.15, -0.1) is 10.2 Å². The Balaban J connectivity index is 1.49. The van der Waals surface area contributed by atoms with Gasteiger partial charge in [0.1, 0.15) is 11.6 Å². The summed E-state index contributed by atoms with van der Waals surface area (Å²) in [6, 6.07) is 6.80. The van der Waals surface area contributed by atoms with E-state index in [0.717, 1.165) is 41.2 Å². The molecule has 1 aromatic carbocycles. The second-order valence-corrected chi connectivity index (χ2v) is 10.5. The van der Waals surface area contributed by atoms with Crippen LogP contribution in [-0.4, -0.2) is 54.2 Å². The van der Waals surface area contributed by atoms with Crippen LogP contribution in [0.1, 0.15) is 74.1 Å². The van der Waals surface area contributed by atoms with Gasteiger partial charge in [-0.3, -0.25) is 14.3 Å². The van der Waals surface area contributed by atoms with Crippen molar-refractivity contribution in [3.8, 4) is 11.4 Å². The number of carbonyl (C=O) groups is 2. The molecule has 2 aliphatic rings. The first-order chi connectivity index (χ1) is 16.7. The number of likely N-dealkylation sites (tertiary alicyclic amines) is 1. The lowest BCUT2D eigenvalue weighted by Crippen LogP contribution is -2.28. The summed E-state index contributed by atoms with van der Waals surface area (Å²) in [6.07, 6.45) is 6.36. The Kier molecular flexibility index (Phi) is 6.07. The molecule has 184 valence electrons. The van der Waals surface area contributed by atoms with Gasteiger partial charge in [0.05, 0.1) is 11.8 Å². The molecule has 3 heterocycles. The maximum absolute atomic E-state index is 13.6. The normalized spacial score (nSPS) is 20.1. The molecule has 0 bridgehead atoms. The number of hydrogen-bond acceptors (Lipinski definition) is 5. The zero-order chi connectivity index (χ0) is 24.9. The molecule has 0 unspecified atom stereocenters. The fourth-order valence-electron chi connectivity index (χ4n) is 5.19. The van der Waals surface area contributed by atoms with Crippen molar-refractivity contribution in [1.29, 1.82) is 0 Å². The van der Waals surface area contributed by atoms with Crippen molar-refractivity contribution >= 4 is 11.7 Å². The highest BCUT2D eigenvalue weighted by atomic mass is 16.2. The third-order valence-corrected chi connectivity index (χ3v) is 7.40. The molecule has 0 N–H and O–H groups in total. The molecular weight excluding hydrogens is 440 g/mol. The molecule has 35 heavy (non-hydrogen) atoms. The monoisotopic (exact) mass is 474 g/mol. The van der Waals surface area contributed by atoms with Crippen LogP contribution in [0.2, 0.25) is 0 Å². The van der Waals surface area contributed by atoms with Crippen molar-refractivity contribution < 1.29 is 9.59 Å². The third kappa shape index (κ3) is 4.54. The van der Waals surface area contributed by atoms with Gasteiger partial charge < -0.3 is 9.47 Å². The predicted octanol–water partition coefficient (Wildman–Crippen LogP) is 4.05. The van der Waals surface area contributed by atoms with Gasteiger partial charge in [-0.1, -0.05) is 23.8 Å². The Morgan fingerprint density at radius 1 is 1.11 bits per heavy atom. The quantitative estimate of drug-likeness (QED) is 0.516. The van der Waals surface area contributed by atoms with E-state index >= 15 is 0 Å². The first-order valence-electron chi connectivity index (χ1n) is 12.6. The second kappa shape index (κ2) is 9.06. The zero-order valence-corrected chi connectivity index (χ0v) is 21.2. The summed E-state index contributed by atoms with van der Waals surface area (Å²) >= 11 is 0. The molecule has 2 fully saturated rings. The zero-order valence-electron chi connectivity index (χ0n) is 21.2. The number of aryl methyl sites for hydroxylation is 2. The number of nitrogens with zero attached hydrogens (tertiary/aromatic N) is 6. The summed E-state index contributed by atoms with van der Waals surface area (Å²) in [5.74, 6) is 1.31. The first kappa shape index (κ1) is 23.5. The second-order valence-electron chi connectivity index (χ2n) is 10.5. The fraction of sp³-hybridized carbons (Fsp3) is 0.519. The Morgan fingerprint density at radius 3 is 2.51 bits per heavy atom. The lowest BCUT2D eigenvalue weighted by Gasteiger charge is -2.19. The SMILES string of the molecule is CC(=O)N1C[C@H](C(=O)Cc2ccc(C)cc2C)[C@@H](c2nnc(-c3cnn(C(C)C)c3)n2C2CC2)C1. The van der Waals surface area contributed by atoms with Gasteiger partial charge in [0.15, 0.2) is 5.82 Å². The van der Waals surface area contributed by atoms with Crippen molar-refractivity contribution in [2.45, 2.75) is 71.9 Å². The summed E-state index contributed by atoms with van der Waals surface area (Å²) in [6.45, 7) is 10.8. The van der Waals surface area contributed by atoms with Crippen molar-refractivity contribution in [2.75, 3.05) is 13.1 Å². The molecule has 1 aliphatic heterocycles. The van der Waals surface area contributed by atoms with E-state index in [1.807, 2.05) is 23.1 Å². The molecule has 2 atom stereocenters. The largest absolute Gasteiger partial charge is 0.341 e. The van der Waals surface area contributed by atoms with E-state index in [4.69, 9.17) is 0 Å². The van der Waals surface area contributed by atoms with Gasteiger partial charge in [0, 0.05) is 56.6 Å². The maximum Gasteiger partial charge on any atom is 0.219 e. The summed E-state index contributed by atoms with van der Waals surface area (Å²) < 4.78 is 4.14. The van der Waals surface area contributed by atoms with Crippen molar-refractivity contribution in [2.24, 2.45) is 5.92 Å². The minimum absolute atomic E-state index is 0.00673. The molecule has 0 radical (unpaired) electrons. The van der Waals surface area contributed by atoms with Gasteiger partial charge >= 0.3 is 0 Å². The van der Waals surface area contributed by atoms with Crippen LogP contribution in [0.25, 0.3) is 11.4 Å². The van der Waals surface area contributed by atoms with Gasteiger partial charge in [0.25, 0.3) is 0 Å². The lowest BCUT2D eigenvalue weighted by molar-refractivity contribution is -0.128. The van der Waals surface area contributed by atoms with Gasteiger partial charge in [-0.25, -0.2) is 0 Å². The molecule has 1 saturated carbocycles. The molecule has 1 amide bonds. The third-order valence-electron chi connectivity index (χ3n) is 7.40. The van der Waals surface area contributed by atoms with E-state index in [1.165, 1.54) is 5.56 Å². The predicted molar refractivity (Wildman–Crippen MR) is 133 cm³/mol. The van der Waals surface area contributed by atoms with Crippen molar-refractivity contribution in [3.63, 3.8) is 0 Å². The van der Waals surface area contributed by atoms with E-state index in [2.05, 4.69) is 59.7 Å². The average Bonchev–Trinajstić information content (AvgIpc) is 3.22. The Hall–Kier alpha value is -3.29. The van der Waals surface area contributed by atoms with Crippen LogP contribution < -0.4 is 0 Å². The standard InChI is InChI=1S/C27H34N6O2/c1-16(2)32-13-21(12-28-32)26-29-30-27(33(26)22-8-9-22)24-15-31(19(5)34)14-23(24)25(35)11-20-7-6-17(3)10-18(20)4/h6-7,10,12-13,16,22-24H,8-9,11,14-15H2,1-5H3/t23-,24-/m0/s1. The molecular formula is C27H34N6O2.